The summed E-state index contributed by atoms with van der Waals surface area (Å²) in [4.78, 5) is 14.9. The normalized spacial score (nSPS) is 15.0. The number of hydrogen-bond acceptors (Lipinski definition) is 6. The number of piperidine rings is 1. The quantitative estimate of drug-likeness (QED) is 0.306. The summed E-state index contributed by atoms with van der Waals surface area (Å²) in [5, 5.41) is 13.3. The third kappa shape index (κ3) is 4.26. The summed E-state index contributed by atoms with van der Waals surface area (Å²) < 4.78 is 1.95. The van der Waals surface area contributed by atoms with E-state index in [0.717, 1.165) is 77.3 Å². The Hall–Kier alpha value is -4.08. The maximum Gasteiger partial charge on any atom is 0.213 e. The van der Waals surface area contributed by atoms with Gasteiger partial charge < -0.3 is 9.97 Å². The molecule has 1 aliphatic heterocycles. The largest absolute Gasteiger partial charge is 0.359 e. The second-order valence-electron chi connectivity index (χ2n) is 9.50. The number of imidazole rings is 1. The maximum absolute atomic E-state index is 4.91. The molecule has 0 spiro atoms. The predicted octanol–water partition coefficient (Wildman–Crippen LogP) is 5.62. The Morgan fingerprint density at radius 1 is 0.892 bits per heavy atom. The Morgan fingerprint density at radius 3 is 2.51 bits per heavy atom. The van der Waals surface area contributed by atoms with Crippen LogP contribution in [0.25, 0.3) is 39.0 Å². The van der Waals surface area contributed by atoms with Gasteiger partial charge in [0.1, 0.15) is 22.7 Å². The molecule has 0 radical (unpaired) electrons. The third-order valence-electron chi connectivity index (χ3n) is 7.16. The van der Waals surface area contributed by atoms with E-state index < -0.39 is 0 Å². The SMILES string of the molecule is c1ccc(-c2c(-c3ccc(CN4CCC(c5nnc(-c6ccc[nH]6)[nH]5)CC4)cc3)nc3scnn23)cc1. The van der Waals surface area contributed by atoms with Gasteiger partial charge in [0.2, 0.25) is 4.96 Å². The average Bonchev–Trinajstić information content (AvgIpc) is 3.75. The molecule has 1 aliphatic rings. The van der Waals surface area contributed by atoms with Crippen LogP contribution in [0.5, 0.6) is 0 Å². The molecule has 184 valence electrons. The number of nitrogens with zero attached hydrogens (tertiary/aromatic N) is 6. The molecule has 0 bridgehead atoms. The highest BCUT2D eigenvalue weighted by Crippen LogP contribution is 2.34. The lowest BCUT2D eigenvalue weighted by Crippen LogP contribution is -2.32. The fourth-order valence-corrected chi connectivity index (χ4v) is 5.82. The Bertz CT molecular complexity index is 1600. The molecule has 6 aromatic rings. The first-order valence-electron chi connectivity index (χ1n) is 12.6. The van der Waals surface area contributed by atoms with Gasteiger partial charge in [-0.1, -0.05) is 65.9 Å². The van der Waals surface area contributed by atoms with Crippen molar-refractivity contribution in [1.82, 2.24) is 39.7 Å². The molecule has 7 rings (SSSR count). The van der Waals surface area contributed by atoms with Gasteiger partial charge in [0.05, 0.1) is 5.69 Å². The van der Waals surface area contributed by atoms with E-state index in [1.165, 1.54) is 5.56 Å². The number of H-pyrrole nitrogens is 2. The van der Waals surface area contributed by atoms with E-state index in [1.54, 1.807) is 11.3 Å². The van der Waals surface area contributed by atoms with Crippen LogP contribution in [0.1, 0.15) is 30.1 Å². The number of aromatic nitrogens is 7. The number of aromatic amines is 2. The molecule has 8 nitrogen and oxygen atoms in total. The van der Waals surface area contributed by atoms with E-state index in [0.29, 0.717) is 5.92 Å². The molecule has 1 saturated heterocycles. The minimum absolute atomic E-state index is 0.426. The Balaban J connectivity index is 1.03. The van der Waals surface area contributed by atoms with Crippen LogP contribution in [-0.2, 0) is 6.54 Å². The number of benzene rings is 2. The minimum atomic E-state index is 0.426. The summed E-state index contributed by atoms with van der Waals surface area (Å²) in [7, 11) is 0. The standard InChI is InChI=1S/C28H26N8S/c1-2-5-21(6-3-1)25-24(31-28-36(25)30-18-37-28)20-10-8-19(9-11-20)17-35-15-12-22(13-16-35)26-32-27(34-33-26)23-7-4-14-29-23/h1-11,14,18,22,29H,12-13,15-17H2,(H,32,33,34). The molecule has 2 aromatic carbocycles. The van der Waals surface area contributed by atoms with Gasteiger partial charge in [-0.3, -0.25) is 4.90 Å². The zero-order valence-electron chi connectivity index (χ0n) is 20.2. The average molecular weight is 507 g/mol. The summed E-state index contributed by atoms with van der Waals surface area (Å²) >= 11 is 1.56. The molecule has 2 N–H and O–H groups in total. The molecule has 0 amide bonds. The van der Waals surface area contributed by atoms with Gasteiger partial charge in [-0.15, -0.1) is 10.2 Å². The van der Waals surface area contributed by atoms with E-state index >= 15 is 0 Å². The summed E-state index contributed by atoms with van der Waals surface area (Å²) in [6.07, 6.45) is 4.06. The second kappa shape index (κ2) is 9.42. The monoisotopic (exact) mass is 506 g/mol. The fourth-order valence-electron chi connectivity index (χ4n) is 5.20. The van der Waals surface area contributed by atoms with Gasteiger partial charge in [0.25, 0.3) is 0 Å². The van der Waals surface area contributed by atoms with E-state index in [4.69, 9.17) is 4.98 Å². The Kier molecular flexibility index (Phi) is 5.64. The van der Waals surface area contributed by atoms with Gasteiger partial charge in [0, 0.05) is 29.8 Å². The first kappa shape index (κ1) is 22.1. The maximum atomic E-state index is 4.91. The summed E-state index contributed by atoms with van der Waals surface area (Å²) in [5.74, 6) is 2.23. The van der Waals surface area contributed by atoms with Crippen molar-refractivity contribution in [2.75, 3.05) is 13.1 Å². The Morgan fingerprint density at radius 2 is 1.73 bits per heavy atom. The van der Waals surface area contributed by atoms with Crippen LogP contribution in [0.15, 0.2) is 78.4 Å². The van der Waals surface area contributed by atoms with Crippen LogP contribution >= 0.6 is 11.3 Å². The number of hydrogen-bond donors (Lipinski definition) is 2. The Labute approximate surface area is 218 Å². The van der Waals surface area contributed by atoms with E-state index in [1.807, 2.05) is 34.4 Å². The zero-order chi connectivity index (χ0) is 24.6. The van der Waals surface area contributed by atoms with Gasteiger partial charge in [-0.05, 0) is 43.6 Å². The lowest BCUT2D eigenvalue weighted by molar-refractivity contribution is 0.202. The smallest absolute Gasteiger partial charge is 0.213 e. The highest BCUT2D eigenvalue weighted by Gasteiger charge is 2.24. The van der Waals surface area contributed by atoms with Crippen LogP contribution in [0.3, 0.4) is 0 Å². The van der Waals surface area contributed by atoms with Crippen LogP contribution < -0.4 is 0 Å². The van der Waals surface area contributed by atoms with Crippen molar-refractivity contribution in [2.24, 2.45) is 0 Å². The molecule has 0 unspecified atom stereocenters. The van der Waals surface area contributed by atoms with Crippen molar-refractivity contribution in [1.29, 1.82) is 0 Å². The molecule has 0 saturated carbocycles. The topological polar surface area (TPSA) is 90.8 Å². The highest BCUT2D eigenvalue weighted by molar-refractivity contribution is 7.14. The van der Waals surface area contributed by atoms with Gasteiger partial charge in [-0.2, -0.15) is 5.10 Å². The lowest BCUT2D eigenvalue weighted by Gasteiger charge is -2.30. The van der Waals surface area contributed by atoms with Crippen molar-refractivity contribution >= 4 is 16.3 Å². The van der Waals surface area contributed by atoms with Crippen LogP contribution in [0, 0.1) is 0 Å². The molecule has 37 heavy (non-hydrogen) atoms. The molecule has 1 fully saturated rings. The van der Waals surface area contributed by atoms with E-state index in [2.05, 4.69) is 78.7 Å². The second-order valence-corrected chi connectivity index (χ2v) is 10.3. The highest BCUT2D eigenvalue weighted by atomic mass is 32.1. The van der Waals surface area contributed by atoms with E-state index in [-0.39, 0.29) is 0 Å². The number of nitrogens with one attached hydrogen (secondary N) is 2. The minimum Gasteiger partial charge on any atom is -0.359 e. The molecule has 0 atom stereocenters. The first-order chi connectivity index (χ1) is 18.3. The van der Waals surface area contributed by atoms with Crippen molar-refractivity contribution in [3.63, 3.8) is 0 Å². The predicted molar refractivity (Wildman–Crippen MR) is 145 cm³/mol. The van der Waals surface area contributed by atoms with E-state index in [9.17, 15) is 0 Å². The van der Waals surface area contributed by atoms with Crippen LogP contribution in [0.4, 0.5) is 0 Å². The molecular formula is C28H26N8S. The van der Waals surface area contributed by atoms with Crippen molar-refractivity contribution in [2.45, 2.75) is 25.3 Å². The van der Waals surface area contributed by atoms with Crippen LogP contribution in [-0.4, -0.2) is 52.8 Å². The summed E-state index contributed by atoms with van der Waals surface area (Å²) in [6.45, 7) is 3.04. The fraction of sp³-hybridized carbons (Fsp3) is 0.214. The van der Waals surface area contributed by atoms with Gasteiger partial charge >= 0.3 is 0 Å². The first-order valence-corrected chi connectivity index (χ1v) is 13.5. The van der Waals surface area contributed by atoms with Crippen LogP contribution in [0.2, 0.25) is 0 Å². The molecule has 0 aliphatic carbocycles. The van der Waals surface area contributed by atoms with Gasteiger partial charge in [0.15, 0.2) is 5.82 Å². The van der Waals surface area contributed by atoms with Gasteiger partial charge in [-0.25, -0.2) is 9.50 Å². The molecule has 5 heterocycles. The molecule has 4 aromatic heterocycles. The number of fused-ring (bicyclic) bond motifs is 1. The summed E-state index contributed by atoms with van der Waals surface area (Å²) in [5.41, 5.74) is 8.38. The van der Waals surface area contributed by atoms with Crippen molar-refractivity contribution in [3.8, 4) is 34.0 Å². The molecular weight excluding hydrogens is 480 g/mol. The zero-order valence-corrected chi connectivity index (χ0v) is 21.0. The molecule has 9 heteroatoms. The lowest BCUT2D eigenvalue weighted by atomic mass is 9.95. The van der Waals surface area contributed by atoms with Crippen molar-refractivity contribution < 1.29 is 0 Å². The summed E-state index contributed by atoms with van der Waals surface area (Å²) in [6, 6.07) is 23.2. The third-order valence-corrected chi connectivity index (χ3v) is 7.83. The number of rotatable bonds is 6. The van der Waals surface area contributed by atoms with Crippen molar-refractivity contribution in [3.05, 3.63) is 89.8 Å². The number of likely N-dealkylation sites (tertiary alicyclic amines) is 1.